The van der Waals surface area contributed by atoms with Crippen molar-refractivity contribution >= 4 is 23.2 Å². The molecule has 2 aromatic rings. The van der Waals surface area contributed by atoms with Crippen molar-refractivity contribution in [3.05, 3.63) is 45.7 Å². The maximum atomic E-state index is 6.23. The van der Waals surface area contributed by atoms with Gasteiger partial charge in [0, 0.05) is 23.8 Å². The Morgan fingerprint density at radius 1 is 1.32 bits per heavy atom. The summed E-state index contributed by atoms with van der Waals surface area (Å²) in [4.78, 5) is 0. The van der Waals surface area contributed by atoms with E-state index in [1.807, 2.05) is 29.9 Å². The number of nitrogens with one attached hydrogen (secondary N) is 1. The van der Waals surface area contributed by atoms with Crippen LogP contribution >= 0.6 is 23.2 Å². The smallest absolute Gasteiger partial charge is 0.0850 e. The van der Waals surface area contributed by atoms with Gasteiger partial charge in [-0.05, 0) is 19.1 Å². The predicted octanol–water partition coefficient (Wildman–Crippen LogP) is 3.99. The zero-order chi connectivity index (χ0) is 14.0. The maximum Gasteiger partial charge on any atom is 0.0850 e. The van der Waals surface area contributed by atoms with E-state index in [9.17, 15) is 0 Å². The lowest BCUT2D eigenvalue weighted by molar-refractivity contribution is 0.587. The summed E-state index contributed by atoms with van der Waals surface area (Å²) in [6, 6.07) is 6.00. The third kappa shape index (κ3) is 3.11. The Bertz CT molecular complexity index is 576. The molecule has 1 heterocycles. The fraction of sp³-hybridized carbons (Fsp3) is 0.357. The van der Waals surface area contributed by atoms with Gasteiger partial charge in [0.25, 0.3) is 0 Å². The zero-order valence-corrected chi connectivity index (χ0v) is 12.8. The molecule has 1 aromatic carbocycles. The van der Waals surface area contributed by atoms with E-state index in [1.54, 1.807) is 6.07 Å². The van der Waals surface area contributed by atoms with Gasteiger partial charge >= 0.3 is 0 Å². The first-order valence-corrected chi connectivity index (χ1v) is 6.97. The van der Waals surface area contributed by atoms with E-state index in [0.717, 1.165) is 23.5 Å². The Labute approximate surface area is 123 Å². The van der Waals surface area contributed by atoms with E-state index in [0.29, 0.717) is 16.1 Å². The van der Waals surface area contributed by atoms with Crippen LogP contribution in [0.2, 0.25) is 10.0 Å². The van der Waals surface area contributed by atoms with E-state index in [2.05, 4.69) is 24.3 Å². The molecule has 3 nitrogen and oxygen atoms in total. The van der Waals surface area contributed by atoms with Crippen LogP contribution in [-0.2, 0) is 6.54 Å². The molecule has 19 heavy (non-hydrogen) atoms. The van der Waals surface area contributed by atoms with E-state index >= 15 is 0 Å². The highest BCUT2D eigenvalue weighted by molar-refractivity contribution is 6.43. The van der Waals surface area contributed by atoms with Crippen LogP contribution in [0.5, 0.6) is 0 Å². The lowest BCUT2D eigenvalue weighted by Gasteiger charge is -2.10. The molecule has 102 valence electrons. The first kappa shape index (κ1) is 14.4. The molecule has 1 aromatic heterocycles. The highest BCUT2D eigenvalue weighted by atomic mass is 35.5. The third-order valence-electron chi connectivity index (χ3n) is 2.97. The summed E-state index contributed by atoms with van der Waals surface area (Å²) in [6.45, 7) is 7.06. The molecule has 0 aliphatic carbocycles. The normalized spacial score (nSPS) is 11.3. The molecule has 0 unspecified atom stereocenters. The Morgan fingerprint density at radius 3 is 2.74 bits per heavy atom. The van der Waals surface area contributed by atoms with Crippen molar-refractivity contribution in [1.82, 2.24) is 15.1 Å². The molecule has 0 saturated carbocycles. The van der Waals surface area contributed by atoms with Gasteiger partial charge in [0.1, 0.15) is 0 Å². The molecule has 0 radical (unpaired) electrons. The van der Waals surface area contributed by atoms with E-state index in [1.165, 1.54) is 0 Å². The van der Waals surface area contributed by atoms with Crippen molar-refractivity contribution < 1.29 is 0 Å². The van der Waals surface area contributed by atoms with E-state index in [4.69, 9.17) is 23.2 Å². The monoisotopic (exact) mass is 297 g/mol. The Kier molecular flexibility index (Phi) is 4.50. The van der Waals surface area contributed by atoms with Crippen LogP contribution in [0.4, 0.5) is 0 Å². The number of halogens is 2. The number of rotatable bonds is 4. The minimum Gasteiger partial charge on any atom is -0.310 e. The minimum absolute atomic E-state index is 0.442. The number of benzene rings is 1. The van der Waals surface area contributed by atoms with Crippen LogP contribution in [0, 0.1) is 6.92 Å². The van der Waals surface area contributed by atoms with Gasteiger partial charge in [-0.2, -0.15) is 5.10 Å². The molecule has 0 saturated heterocycles. The molecule has 0 fully saturated rings. The standard InChI is InChI=1S/C14H17Cl2N3/c1-9(2)17-7-11-8-18-19(10(11)3)13-6-4-5-12(15)14(13)16/h4-6,8-9,17H,7H2,1-3H3. The molecule has 0 aliphatic heterocycles. The Balaban J connectivity index is 2.34. The first-order chi connectivity index (χ1) is 9.00. The summed E-state index contributed by atoms with van der Waals surface area (Å²) in [5.41, 5.74) is 3.03. The highest BCUT2D eigenvalue weighted by Gasteiger charge is 2.12. The van der Waals surface area contributed by atoms with Gasteiger partial charge < -0.3 is 5.32 Å². The summed E-state index contributed by atoms with van der Waals surface area (Å²) in [5.74, 6) is 0. The Morgan fingerprint density at radius 2 is 2.05 bits per heavy atom. The average molecular weight is 298 g/mol. The van der Waals surface area contributed by atoms with Crippen LogP contribution < -0.4 is 5.32 Å². The minimum atomic E-state index is 0.442. The summed E-state index contributed by atoms with van der Waals surface area (Å²) < 4.78 is 1.82. The second kappa shape index (κ2) is 5.95. The van der Waals surface area contributed by atoms with Crippen LogP contribution in [0.1, 0.15) is 25.1 Å². The van der Waals surface area contributed by atoms with Crippen LogP contribution in [0.25, 0.3) is 5.69 Å². The fourth-order valence-electron chi connectivity index (χ4n) is 1.83. The summed E-state index contributed by atoms with van der Waals surface area (Å²) >= 11 is 12.3. The van der Waals surface area contributed by atoms with Crippen molar-refractivity contribution in [2.45, 2.75) is 33.4 Å². The second-order valence-electron chi connectivity index (χ2n) is 4.78. The number of hydrogen-bond donors (Lipinski definition) is 1. The molecule has 0 spiro atoms. The molecule has 0 aliphatic rings. The molecular formula is C14H17Cl2N3. The van der Waals surface area contributed by atoms with Gasteiger partial charge in [-0.15, -0.1) is 0 Å². The number of aromatic nitrogens is 2. The summed E-state index contributed by atoms with van der Waals surface area (Å²) in [6.07, 6.45) is 1.86. The molecule has 0 atom stereocenters. The average Bonchev–Trinajstić information content (AvgIpc) is 2.72. The predicted molar refractivity (Wildman–Crippen MR) is 80.3 cm³/mol. The molecule has 5 heteroatoms. The number of nitrogens with zero attached hydrogens (tertiary/aromatic N) is 2. The van der Waals surface area contributed by atoms with Crippen molar-refractivity contribution in [3.63, 3.8) is 0 Å². The van der Waals surface area contributed by atoms with E-state index < -0.39 is 0 Å². The van der Waals surface area contributed by atoms with Gasteiger partial charge in [0.05, 0.1) is 21.9 Å². The van der Waals surface area contributed by atoms with Crippen molar-refractivity contribution in [1.29, 1.82) is 0 Å². The van der Waals surface area contributed by atoms with Crippen molar-refractivity contribution in [3.8, 4) is 5.69 Å². The molecule has 2 rings (SSSR count). The second-order valence-corrected chi connectivity index (χ2v) is 5.56. The molecular weight excluding hydrogens is 281 g/mol. The molecule has 0 bridgehead atoms. The van der Waals surface area contributed by atoms with Gasteiger partial charge in [0.2, 0.25) is 0 Å². The first-order valence-electron chi connectivity index (χ1n) is 6.22. The number of hydrogen-bond acceptors (Lipinski definition) is 2. The molecule has 0 amide bonds. The van der Waals surface area contributed by atoms with Crippen LogP contribution in [0.15, 0.2) is 24.4 Å². The quantitative estimate of drug-likeness (QED) is 0.925. The fourth-order valence-corrected chi connectivity index (χ4v) is 2.21. The third-order valence-corrected chi connectivity index (χ3v) is 3.78. The summed E-state index contributed by atoms with van der Waals surface area (Å²) in [7, 11) is 0. The van der Waals surface area contributed by atoms with Gasteiger partial charge in [-0.1, -0.05) is 43.1 Å². The zero-order valence-electron chi connectivity index (χ0n) is 11.2. The highest BCUT2D eigenvalue weighted by Crippen LogP contribution is 2.29. The van der Waals surface area contributed by atoms with E-state index in [-0.39, 0.29) is 0 Å². The maximum absolute atomic E-state index is 6.23. The summed E-state index contributed by atoms with van der Waals surface area (Å²) in [5, 5.41) is 8.84. The van der Waals surface area contributed by atoms with Crippen molar-refractivity contribution in [2.24, 2.45) is 0 Å². The van der Waals surface area contributed by atoms with Gasteiger partial charge in [-0.3, -0.25) is 0 Å². The van der Waals surface area contributed by atoms with Crippen molar-refractivity contribution in [2.75, 3.05) is 0 Å². The lowest BCUT2D eigenvalue weighted by atomic mass is 10.2. The van der Waals surface area contributed by atoms with Gasteiger partial charge in [-0.25, -0.2) is 4.68 Å². The largest absolute Gasteiger partial charge is 0.310 e. The lowest BCUT2D eigenvalue weighted by Crippen LogP contribution is -2.22. The van der Waals surface area contributed by atoms with Crippen LogP contribution in [0.3, 0.4) is 0 Å². The van der Waals surface area contributed by atoms with Gasteiger partial charge in [0.15, 0.2) is 0 Å². The Hall–Kier alpha value is -1.03. The topological polar surface area (TPSA) is 29.9 Å². The SMILES string of the molecule is Cc1c(CNC(C)C)cnn1-c1cccc(Cl)c1Cl. The molecule has 1 N–H and O–H groups in total. The van der Waals surface area contributed by atoms with Crippen LogP contribution in [-0.4, -0.2) is 15.8 Å².